The minimum absolute atomic E-state index is 0.0231. The topological polar surface area (TPSA) is 75.9 Å². The predicted octanol–water partition coefficient (Wildman–Crippen LogP) is 1.67. The first kappa shape index (κ1) is 17.5. The quantitative estimate of drug-likeness (QED) is 0.875. The smallest absolute Gasteiger partial charge is 0.239 e. The van der Waals surface area contributed by atoms with Crippen LogP contribution in [0.3, 0.4) is 0 Å². The maximum atomic E-state index is 13.3. The largest absolute Gasteiger partial charge is 0.496 e. The number of nitrogens with two attached hydrogens (primary N) is 1. The van der Waals surface area contributed by atoms with E-state index < -0.39 is 11.3 Å². The molecule has 1 fully saturated rings. The molecule has 2 aliphatic heterocycles. The van der Waals surface area contributed by atoms with Crippen molar-refractivity contribution in [1.82, 2.24) is 4.90 Å². The van der Waals surface area contributed by atoms with E-state index in [4.69, 9.17) is 10.5 Å². The summed E-state index contributed by atoms with van der Waals surface area (Å²) in [6, 6.07) is 15.7. The third-order valence-corrected chi connectivity index (χ3v) is 5.61. The van der Waals surface area contributed by atoms with Crippen LogP contribution in [0.4, 0.5) is 5.69 Å². The molecule has 0 radical (unpaired) electrons. The number of rotatable bonds is 5. The molecule has 2 aliphatic rings. The number of benzene rings is 2. The van der Waals surface area contributed by atoms with Crippen molar-refractivity contribution in [3.63, 3.8) is 0 Å². The molecule has 1 saturated heterocycles. The van der Waals surface area contributed by atoms with E-state index in [9.17, 15) is 9.59 Å². The zero-order valence-electron chi connectivity index (χ0n) is 15.4. The van der Waals surface area contributed by atoms with E-state index in [-0.39, 0.29) is 12.5 Å². The fourth-order valence-electron chi connectivity index (χ4n) is 4.40. The molecular weight excluding hydrogens is 342 g/mol. The van der Waals surface area contributed by atoms with Crippen molar-refractivity contribution < 1.29 is 14.3 Å². The molecule has 0 aromatic heterocycles. The first-order valence-electron chi connectivity index (χ1n) is 9.09. The van der Waals surface area contributed by atoms with Gasteiger partial charge in [0.05, 0.1) is 12.5 Å². The number of anilines is 1. The Hall–Kier alpha value is -2.86. The summed E-state index contributed by atoms with van der Waals surface area (Å²) in [4.78, 5) is 28.6. The predicted molar refractivity (Wildman–Crippen MR) is 103 cm³/mol. The first-order valence-corrected chi connectivity index (χ1v) is 9.09. The normalized spacial score (nSPS) is 21.7. The molecule has 0 aliphatic carbocycles. The monoisotopic (exact) mass is 365 g/mol. The van der Waals surface area contributed by atoms with Crippen LogP contribution < -0.4 is 15.4 Å². The van der Waals surface area contributed by atoms with Crippen LogP contribution >= 0.6 is 0 Å². The molecule has 6 nitrogen and oxygen atoms in total. The lowest BCUT2D eigenvalue weighted by molar-refractivity contribution is -0.125. The van der Waals surface area contributed by atoms with E-state index in [0.29, 0.717) is 6.54 Å². The van der Waals surface area contributed by atoms with Crippen LogP contribution in [0.2, 0.25) is 0 Å². The van der Waals surface area contributed by atoms with Crippen molar-refractivity contribution in [2.24, 2.45) is 5.73 Å². The number of hydrogen-bond donors (Lipinski definition) is 1. The van der Waals surface area contributed by atoms with Gasteiger partial charge in [0.2, 0.25) is 11.8 Å². The Morgan fingerprint density at radius 1 is 1.19 bits per heavy atom. The number of primary amides is 1. The van der Waals surface area contributed by atoms with Crippen molar-refractivity contribution in [2.75, 3.05) is 31.6 Å². The van der Waals surface area contributed by atoms with Crippen LogP contribution in [0.1, 0.15) is 17.5 Å². The number of para-hydroxylation sites is 2. The molecule has 2 heterocycles. The fraction of sp³-hybridized carbons (Fsp3) is 0.333. The Morgan fingerprint density at radius 3 is 2.70 bits per heavy atom. The fourth-order valence-corrected chi connectivity index (χ4v) is 4.40. The summed E-state index contributed by atoms with van der Waals surface area (Å²) in [6.45, 7) is 2.07. The molecule has 4 rings (SSSR count). The molecule has 2 amide bonds. The summed E-state index contributed by atoms with van der Waals surface area (Å²) in [6.07, 6.45) is 0.729. The van der Waals surface area contributed by atoms with E-state index in [1.165, 1.54) is 0 Å². The average Bonchev–Trinajstić information content (AvgIpc) is 3.19. The molecule has 1 atom stereocenters. The second-order valence-electron chi connectivity index (χ2n) is 7.23. The minimum atomic E-state index is -0.603. The number of carbonyl (C=O) groups is 2. The Balaban J connectivity index is 1.63. The Morgan fingerprint density at radius 2 is 1.93 bits per heavy atom. The number of likely N-dealkylation sites (tertiary alicyclic amines) is 1. The van der Waals surface area contributed by atoms with Gasteiger partial charge in [-0.15, -0.1) is 0 Å². The van der Waals surface area contributed by atoms with Crippen molar-refractivity contribution in [1.29, 1.82) is 0 Å². The second kappa shape index (κ2) is 6.70. The number of methoxy groups -OCH3 is 1. The van der Waals surface area contributed by atoms with Gasteiger partial charge in [0, 0.05) is 24.3 Å². The maximum Gasteiger partial charge on any atom is 0.239 e. The van der Waals surface area contributed by atoms with Gasteiger partial charge in [-0.2, -0.15) is 0 Å². The third kappa shape index (κ3) is 2.86. The van der Waals surface area contributed by atoms with Gasteiger partial charge in [0.25, 0.3) is 0 Å². The third-order valence-electron chi connectivity index (χ3n) is 5.61. The van der Waals surface area contributed by atoms with Crippen LogP contribution in [0.5, 0.6) is 5.75 Å². The summed E-state index contributed by atoms with van der Waals surface area (Å²) in [5.74, 6) is 0.330. The van der Waals surface area contributed by atoms with E-state index in [0.717, 1.165) is 42.1 Å². The molecule has 1 spiro atoms. The van der Waals surface area contributed by atoms with Crippen molar-refractivity contribution in [3.8, 4) is 5.75 Å². The summed E-state index contributed by atoms with van der Waals surface area (Å²) >= 11 is 0. The number of fused-ring (bicyclic) bond motifs is 2. The van der Waals surface area contributed by atoms with E-state index in [2.05, 4.69) is 4.90 Å². The van der Waals surface area contributed by atoms with Gasteiger partial charge in [0.15, 0.2) is 0 Å². The Kier molecular flexibility index (Phi) is 4.36. The van der Waals surface area contributed by atoms with Crippen LogP contribution in [0.15, 0.2) is 48.5 Å². The maximum absolute atomic E-state index is 13.3. The van der Waals surface area contributed by atoms with Gasteiger partial charge in [-0.25, -0.2) is 0 Å². The summed E-state index contributed by atoms with van der Waals surface area (Å²) < 4.78 is 5.46. The van der Waals surface area contributed by atoms with Crippen LogP contribution in [0, 0.1) is 0 Å². The number of carbonyl (C=O) groups excluding carboxylic acids is 2. The molecule has 27 heavy (non-hydrogen) atoms. The number of amides is 2. The average molecular weight is 365 g/mol. The summed E-state index contributed by atoms with van der Waals surface area (Å²) in [5.41, 5.74) is 7.69. The Labute approximate surface area is 158 Å². The number of ether oxygens (including phenoxy) is 1. The molecule has 6 heteroatoms. The van der Waals surface area contributed by atoms with Gasteiger partial charge < -0.3 is 15.4 Å². The Bertz CT molecular complexity index is 898. The lowest BCUT2D eigenvalue weighted by atomic mass is 9.81. The van der Waals surface area contributed by atoms with Crippen molar-refractivity contribution in [3.05, 3.63) is 59.7 Å². The molecule has 2 aromatic carbocycles. The zero-order valence-corrected chi connectivity index (χ0v) is 15.4. The SMILES string of the molecule is COc1ccccc1CN1CCC2(C1)C(=O)N(CC(N)=O)c1ccccc12. The van der Waals surface area contributed by atoms with Crippen LogP contribution in [-0.4, -0.2) is 43.5 Å². The van der Waals surface area contributed by atoms with Gasteiger partial charge in [-0.05, 0) is 30.7 Å². The molecule has 2 N–H and O–H groups in total. The first-order chi connectivity index (χ1) is 13.0. The highest BCUT2D eigenvalue weighted by molar-refractivity contribution is 6.11. The van der Waals surface area contributed by atoms with E-state index in [1.807, 2.05) is 48.5 Å². The van der Waals surface area contributed by atoms with Gasteiger partial charge in [-0.1, -0.05) is 36.4 Å². The van der Waals surface area contributed by atoms with Gasteiger partial charge >= 0.3 is 0 Å². The molecule has 2 aromatic rings. The van der Waals surface area contributed by atoms with E-state index >= 15 is 0 Å². The molecule has 0 saturated carbocycles. The molecule has 0 bridgehead atoms. The van der Waals surface area contributed by atoms with Crippen LogP contribution in [0.25, 0.3) is 0 Å². The van der Waals surface area contributed by atoms with Crippen molar-refractivity contribution in [2.45, 2.75) is 18.4 Å². The lowest BCUT2D eigenvalue weighted by Gasteiger charge is -2.24. The summed E-state index contributed by atoms with van der Waals surface area (Å²) in [5, 5.41) is 0. The highest BCUT2D eigenvalue weighted by Crippen LogP contribution is 2.47. The van der Waals surface area contributed by atoms with Gasteiger partial charge in [-0.3, -0.25) is 14.5 Å². The van der Waals surface area contributed by atoms with E-state index in [1.54, 1.807) is 12.0 Å². The summed E-state index contributed by atoms with van der Waals surface area (Å²) in [7, 11) is 1.67. The highest BCUT2D eigenvalue weighted by atomic mass is 16.5. The van der Waals surface area contributed by atoms with Crippen molar-refractivity contribution >= 4 is 17.5 Å². The minimum Gasteiger partial charge on any atom is -0.496 e. The standard InChI is InChI=1S/C21H23N3O3/c1-27-18-9-5-2-6-15(18)12-23-11-10-21(14-23)16-7-3-4-8-17(16)24(20(21)26)13-19(22)25/h2-9H,10-14H2,1H3,(H2,22,25). The van der Waals surface area contributed by atoms with Gasteiger partial charge in [0.1, 0.15) is 12.3 Å². The molecular formula is C21H23N3O3. The zero-order chi connectivity index (χ0) is 19.0. The lowest BCUT2D eigenvalue weighted by Crippen LogP contribution is -2.45. The molecule has 140 valence electrons. The molecule has 1 unspecified atom stereocenters. The second-order valence-corrected chi connectivity index (χ2v) is 7.23. The van der Waals surface area contributed by atoms with Crippen LogP contribution in [-0.2, 0) is 21.5 Å². The number of nitrogens with zero attached hydrogens (tertiary/aromatic N) is 2. The highest BCUT2D eigenvalue weighted by Gasteiger charge is 2.54. The number of hydrogen-bond acceptors (Lipinski definition) is 4.